The molecule has 0 aliphatic heterocycles. The van der Waals surface area contributed by atoms with E-state index in [9.17, 15) is 22.7 Å². The highest BCUT2D eigenvalue weighted by Crippen LogP contribution is 2.36. The number of nitrogens with one attached hydrogen (secondary N) is 1. The maximum Gasteiger partial charge on any atom is 0.285 e. The van der Waals surface area contributed by atoms with E-state index >= 15 is 0 Å². The average molecular weight is 469 g/mol. The van der Waals surface area contributed by atoms with Crippen LogP contribution in [0.1, 0.15) is 0 Å². The van der Waals surface area contributed by atoms with Crippen molar-refractivity contribution in [1.82, 2.24) is 4.98 Å². The van der Waals surface area contributed by atoms with Crippen LogP contribution in [-0.4, -0.2) is 37.2 Å². The first-order valence-corrected chi connectivity index (χ1v) is 10.5. The van der Waals surface area contributed by atoms with E-state index in [1.54, 1.807) is 18.2 Å². The number of fused-ring (bicyclic) bond motifs is 1. The highest BCUT2D eigenvalue weighted by molar-refractivity contribution is 9.10. The van der Waals surface area contributed by atoms with Gasteiger partial charge in [-0.25, -0.2) is 12.8 Å². The number of rotatable bonds is 5. The molecule has 0 aliphatic carbocycles. The Labute approximate surface area is 167 Å². The molecular weight excluding hydrogens is 455 g/mol. The second-order valence-corrected chi connectivity index (χ2v) is 8.68. The molecule has 0 spiro atoms. The minimum absolute atomic E-state index is 0.00933. The Hall–Kier alpha value is -2.79. The molecule has 0 saturated heterocycles. The zero-order valence-electron chi connectivity index (χ0n) is 14.4. The van der Waals surface area contributed by atoms with Crippen LogP contribution in [0.4, 0.5) is 15.8 Å². The molecule has 0 saturated carbocycles. The van der Waals surface area contributed by atoms with Crippen LogP contribution in [0.15, 0.2) is 57.2 Å². The number of hydrogen-bond acceptors (Lipinski definition) is 5. The number of aromatic nitrogens is 1. The summed E-state index contributed by atoms with van der Waals surface area (Å²) < 4.78 is 38.9. The molecule has 0 atom stereocenters. The first-order chi connectivity index (χ1) is 13.1. The summed E-state index contributed by atoms with van der Waals surface area (Å²) in [5, 5.41) is 17.8. The summed E-state index contributed by atoms with van der Waals surface area (Å²) in [7, 11) is -3.87. The Morgan fingerprint density at radius 1 is 1.29 bits per heavy atom. The van der Waals surface area contributed by atoms with E-state index in [4.69, 9.17) is 0 Å². The normalized spacial score (nSPS) is 12.0. The van der Waals surface area contributed by atoms with E-state index in [1.165, 1.54) is 12.1 Å². The highest BCUT2D eigenvalue weighted by Gasteiger charge is 2.21. The lowest BCUT2D eigenvalue weighted by Crippen LogP contribution is -2.34. The van der Waals surface area contributed by atoms with Gasteiger partial charge in [-0.05, 0) is 36.4 Å². The summed E-state index contributed by atoms with van der Waals surface area (Å²) >= 11 is 3.30. The van der Waals surface area contributed by atoms with Crippen LogP contribution in [0.5, 0.6) is 5.88 Å². The topological polar surface area (TPSA) is 115 Å². The van der Waals surface area contributed by atoms with Gasteiger partial charge in [0.25, 0.3) is 5.91 Å². The van der Waals surface area contributed by atoms with Crippen molar-refractivity contribution in [2.24, 2.45) is 10.2 Å². The second kappa shape index (κ2) is 7.68. The van der Waals surface area contributed by atoms with Gasteiger partial charge in [-0.1, -0.05) is 22.0 Å². The van der Waals surface area contributed by atoms with Crippen LogP contribution < -0.4 is 4.31 Å². The van der Waals surface area contributed by atoms with E-state index in [0.717, 1.165) is 27.2 Å². The van der Waals surface area contributed by atoms with E-state index < -0.39 is 28.3 Å². The van der Waals surface area contributed by atoms with Gasteiger partial charge in [-0.2, -0.15) is 0 Å². The number of halogens is 2. The van der Waals surface area contributed by atoms with E-state index in [1.807, 2.05) is 0 Å². The number of benzene rings is 2. The van der Waals surface area contributed by atoms with Crippen LogP contribution in [0.3, 0.4) is 0 Å². The Bertz CT molecular complexity index is 1190. The third kappa shape index (κ3) is 4.37. The molecule has 28 heavy (non-hydrogen) atoms. The Morgan fingerprint density at radius 3 is 2.71 bits per heavy atom. The predicted molar refractivity (Wildman–Crippen MR) is 106 cm³/mol. The predicted octanol–water partition coefficient (Wildman–Crippen LogP) is 3.85. The van der Waals surface area contributed by atoms with Gasteiger partial charge < -0.3 is 10.1 Å². The van der Waals surface area contributed by atoms with E-state index in [-0.39, 0.29) is 17.3 Å². The molecule has 0 bridgehead atoms. The number of aromatic hydroxyl groups is 1. The van der Waals surface area contributed by atoms with Crippen LogP contribution in [0.25, 0.3) is 10.9 Å². The first-order valence-electron chi connectivity index (χ1n) is 7.83. The van der Waals surface area contributed by atoms with Gasteiger partial charge in [0.2, 0.25) is 15.9 Å². The molecule has 0 fully saturated rings. The SMILES string of the molecule is CS(=O)(=O)N(CC(=O)N=Nc1c(O)[nH]c2ccc(Br)cc12)c1cccc(F)c1. The van der Waals surface area contributed by atoms with Gasteiger partial charge >= 0.3 is 0 Å². The van der Waals surface area contributed by atoms with Crippen molar-refractivity contribution in [2.45, 2.75) is 0 Å². The van der Waals surface area contributed by atoms with Crippen molar-refractivity contribution >= 4 is 54.1 Å². The molecule has 0 aliphatic rings. The lowest BCUT2D eigenvalue weighted by atomic mass is 10.2. The number of carbonyl (C=O) groups is 1. The summed E-state index contributed by atoms with van der Waals surface area (Å²) in [5.41, 5.74) is 0.617. The molecule has 2 aromatic carbocycles. The summed E-state index contributed by atoms with van der Waals surface area (Å²) in [6, 6.07) is 9.98. The monoisotopic (exact) mass is 468 g/mol. The summed E-state index contributed by atoms with van der Waals surface area (Å²) in [6.45, 7) is -0.668. The standard InChI is InChI=1S/C17H14BrFN4O4S/c1-28(26,27)23(12-4-2-3-11(19)8-12)9-15(24)21-22-16-13-7-10(18)5-6-14(13)20-17(16)25/h2-8,20,25H,9H2,1H3. The third-order valence-corrected chi connectivity index (χ3v) is 5.38. The van der Waals surface area contributed by atoms with Crippen molar-refractivity contribution in [3.8, 4) is 5.88 Å². The zero-order chi connectivity index (χ0) is 20.5. The molecule has 146 valence electrons. The van der Waals surface area contributed by atoms with Crippen molar-refractivity contribution in [2.75, 3.05) is 17.1 Å². The summed E-state index contributed by atoms with van der Waals surface area (Å²) in [4.78, 5) is 14.9. The van der Waals surface area contributed by atoms with Gasteiger partial charge in [-0.15, -0.1) is 10.2 Å². The van der Waals surface area contributed by atoms with Crippen LogP contribution in [0, 0.1) is 5.82 Å². The lowest BCUT2D eigenvalue weighted by Gasteiger charge is -2.20. The first kappa shape index (κ1) is 20.0. The summed E-state index contributed by atoms with van der Waals surface area (Å²) in [6.07, 6.45) is 0.894. The fourth-order valence-corrected chi connectivity index (χ4v) is 3.73. The molecule has 2 N–H and O–H groups in total. The van der Waals surface area contributed by atoms with Crippen molar-refractivity contribution < 1.29 is 22.7 Å². The second-order valence-electron chi connectivity index (χ2n) is 5.86. The number of H-pyrrole nitrogens is 1. The number of amides is 1. The molecular formula is C17H14BrFN4O4S. The average Bonchev–Trinajstić information content (AvgIpc) is 2.91. The number of azo groups is 1. The van der Waals surface area contributed by atoms with E-state index in [2.05, 4.69) is 31.1 Å². The van der Waals surface area contributed by atoms with Gasteiger partial charge in [0.15, 0.2) is 5.69 Å². The van der Waals surface area contributed by atoms with Crippen molar-refractivity contribution in [3.05, 3.63) is 52.8 Å². The fourth-order valence-electron chi connectivity index (χ4n) is 2.53. The number of hydrogen-bond donors (Lipinski definition) is 2. The fraction of sp³-hybridized carbons (Fsp3) is 0.118. The summed E-state index contributed by atoms with van der Waals surface area (Å²) in [5.74, 6) is -1.82. The molecule has 1 aromatic heterocycles. The zero-order valence-corrected chi connectivity index (χ0v) is 16.8. The number of nitrogens with zero attached hydrogens (tertiary/aromatic N) is 3. The van der Waals surface area contributed by atoms with Gasteiger partial charge in [0.1, 0.15) is 12.4 Å². The van der Waals surface area contributed by atoms with Crippen molar-refractivity contribution in [1.29, 1.82) is 0 Å². The number of carbonyl (C=O) groups excluding carboxylic acids is 1. The number of aromatic amines is 1. The van der Waals surface area contributed by atoms with Crippen LogP contribution in [-0.2, 0) is 14.8 Å². The van der Waals surface area contributed by atoms with Crippen LogP contribution >= 0.6 is 15.9 Å². The molecule has 0 radical (unpaired) electrons. The highest BCUT2D eigenvalue weighted by atomic mass is 79.9. The molecule has 11 heteroatoms. The Kier molecular flexibility index (Phi) is 5.47. The van der Waals surface area contributed by atoms with Crippen molar-refractivity contribution in [3.63, 3.8) is 0 Å². The number of sulfonamides is 1. The Morgan fingerprint density at radius 2 is 2.04 bits per heavy atom. The maximum atomic E-state index is 13.4. The molecule has 3 rings (SSSR count). The van der Waals surface area contributed by atoms with E-state index in [0.29, 0.717) is 10.9 Å². The maximum absolute atomic E-state index is 13.4. The molecule has 3 aromatic rings. The molecule has 1 amide bonds. The molecule has 1 heterocycles. The van der Waals surface area contributed by atoms with Gasteiger partial charge in [-0.3, -0.25) is 9.10 Å². The van der Waals surface area contributed by atoms with Crippen LogP contribution in [0.2, 0.25) is 0 Å². The molecule has 8 nitrogen and oxygen atoms in total. The smallest absolute Gasteiger partial charge is 0.285 e. The lowest BCUT2D eigenvalue weighted by molar-refractivity contribution is -0.116. The Balaban J connectivity index is 1.88. The van der Waals surface area contributed by atoms with Gasteiger partial charge in [0.05, 0.1) is 17.5 Å². The largest absolute Gasteiger partial charge is 0.493 e. The molecule has 0 unspecified atom stereocenters. The van der Waals surface area contributed by atoms with Gasteiger partial charge in [0, 0.05) is 9.86 Å². The number of anilines is 1. The quantitative estimate of drug-likeness (QED) is 0.553. The minimum atomic E-state index is -3.87. The third-order valence-electron chi connectivity index (χ3n) is 3.75. The minimum Gasteiger partial charge on any atom is -0.493 e.